The summed E-state index contributed by atoms with van der Waals surface area (Å²) in [4.78, 5) is 12.4. The number of rotatable bonds is 6. The Morgan fingerprint density at radius 2 is 1.88 bits per heavy atom. The molecule has 34 heavy (non-hydrogen) atoms. The van der Waals surface area contributed by atoms with Crippen LogP contribution in [0.4, 0.5) is 17.1 Å². The van der Waals surface area contributed by atoms with Crippen molar-refractivity contribution in [2.45, 2.75) is 6.92 Å². The van der Waals surface area contributed by atoms with E-state index in [0.29, 0.717) is 5.56 Å². The lowest BCUT2D eigenvalue weighted by Crippen LogP contribution is -2.46. The molecule has 2 aromatic carbocycles. The number of nitriles is 1. The Bertz CT molecular complexity index is 1340. The van der Waals surface area contributed by atoms with Gasteiger partial charge in [0.1, 0.15) is 6.07 Å². The van der Waals surface area contributed by atoms with Crippen molar-refractivity contribution < 1.29 is 0 Å². The molecule has 5 rings (SSSR count). The number of nitrogens with one attached hydrogen (secondary N) is 2. The molecule has 1 aliphatic rings. The zero-order valence-electron chi connectivity index (χ0n) is 19.3. The van der Waals surface area contributed by atoms with Gasteiger partial charge in [-0.25, -0.2) is 0 Å². The average Bonchev–Trinajstić information content (AvgIpc) is 3.37. The first-order chi connectivity index (χ1) is 16.7. The van der Waals surface area contributed by atoms with Crippen LogP contribution in [-0.2, 0) is 0 Å². The molecule has 0 atom stereocenters. The van der Waals surface area contributed by atoms with E-state index < -0.39 is 0 Å². The van der Waals surface area contributed by atoms with Gasteiger partial charge < -0.3 is 15.2 Å². The molecule has 1 aliphatic heterocycles. The van der Waals surface area contributed by atoms with Crippen molar-refractivity contribution in [3.63, 3.8) is 0 Å². The second kappa shape index (κ2) is 9.82. The van der Waals surface area contributed by atoms with Crippen LogP contribution >= 0.6 is 0 Å². The molecule has 170 valence electrons. The second-order valence-electron chi connectivity index (χ2n) is 8.59. The summed E-state index contributed by atoms with van der Waals surface area (Å²) >= 11 is 0. The minimum Gasteiger partial charge on any atom is -0.369 e. The van der Waals surface area contributed by atoms with Gasteiger partial charge in [0.2, 0.25) is 0 Å². The molecule has 0 unspecified atom stereocenters. The lowest BCUT2D eigenvalue weighted by Gasteiger charge is -2.35. The lowest BCUT2D eigenvalue weighted by atomic mass is 10.1. The highest BCUT2D eigenvalue weighted by molar-refractivity contribution is 5.89. The highest BCUT2D eigenvalue weighted by atomic mass is 15.3. The van der Waals surface area contributed by atoms with Crippen LogP contribution in [0.15, 0.2) is 73.2 Å². The van der Waals surface area contributed by atoms with E-state index in [2.05, 4.69) is 98.8 Å². The highest BCUT2D eigenvalue weighted by Gasteiger charge is 2.16. The summed E-state index contributed by atoms with van der Waals surface area (Å²) in [5.41, 5.74) is 6.77. The molecule has 6 nitrogen and oxygen atoms in total. The van der Waals surface area contributed by atoms with Crippen molar-refractivity contribution in [3.05, 3.63) is 89.9 Å². The Labute approximate surface area is 200 Å². The largest absolute Gasteiger partial charge is 0.369 e. The Morgan fingerprint density at radius 1 is 1.06 bits per heavy atom. The van der Waals surface area contributed by atoms with Gasteiger partial charge in [0, 0.05) is 79.2 Å². The Morgan fingerprint density at radius 3 is 2.68 bits per heavy atom. The van der Waals surface area contributed by atoms with Crippen LogP contribution in [0.2, 0.25) is 0 Å². The van der Waals surface area contributed by atoms with Gasteiger partial charge in [-0.2, -0.15) is 5.26 Å². The molecule has 0 spiro atoms. The van der Waals surface area contributed by atoms with Crippen LogP contribution in [0.3, 0.4) is 0 Å². The third-order valence-corrected chi connectivity index (χ3v) is 6.51. The zero-order chi connectivity index (χ0) is 23.3. The molecule has 0 radical (unpaired) electrons. The molecule has 0 bridgehead atoms. The monoisotopic (exact) mass is 448 g/mol. The number of nitrogens with zero attached hydrogens (tertiary/aromatic N) is 4. The summed E-state index contributed by atoms with van der Waals surface area (Å²) in [5.74, 6) is 0. The minimum atomic E-state index is 0.534. The molecule has 1 fully saturated rings. The van der Waals surface area contributed by atoms with Crippen molar-refractivity contribution >= 4 is 34.0 Å². The number of aromatic amines is 1. The van der Waals surface area contributed by atoms with Gasteiger partial charge in [0.25, 0.3) is 0 Å². The number of pyridine rings is 1. The maximum absolute atomic E-state index is 9.71. The normalized spacial score (nSPS) is 14.5. The van der Waals surface area contributed by atoms with Crippen LogP contribution in [0.1, 0.15) is 16.7 Å². The summed E-state index contributed by atoms with van der Waals surface area (Å²) in [5, 5.41) is 14.4. The Kier molecular flexibility index (Phi) is 6.28. The number of hydrogen-bond acceptors (Lipinski definition) is 5. The maximum Gasteiger partial charge on any atom is 0.103 e. The Balaban J connectivity index is 1.29. The second-order valence-corrected chi connectivity index (χ2v) is 8.59. The molecular weight excluding hydrogens is 420 g/mol. The molecule has 2 N–H and O–H groups in total. The molecule has 0 saturated carbocycles. The van der Waals surface area contributed by atoms with E-state index >= 15 is 0 Å². The molecular formula is C28H28N6. The number of hydrogen-bond donors (Lipinski definition) is 2. The van der Waals surface area contributed by atoms with E-state index in [9.17, 15) is 5.26 Å². The molecule has 2 aromatic heterocycles. The van der Waals surface area contributed by atoms with Crippen LogP contribution in [0.5, 0.6) is 0 Å². The standard InChI is InChI=1S/C28H28N6/c1-21-25-11-12-31-27(25)10-9-26(21)32-28-22(19-30-20-23(28)18-29)6-5-13-33-14-16-34(17-15-33)24-7-3-2-4-8-24/h2-12,19-20,31H,13-17H2,1H3,(H,30,32). The van der Waals surface area contributed by atoms with Crippen molar-refractivity contribution in [3.8, 4) is 6.07 Å². The van der Waals surface area contributed by atoms with Gasteiger partial charge in [0.15, 0.2) is 0 Å². The lowest BCUT2D eigenvalue weighted by molar-refractivity contribution is 0.284. The number of anilines is 3. The van der Waals surface area contributed by atoms with Gasteiger partial charge >= 0.3 is 0 Å². The fourth-order valence-corrected chi connectivity index (χ4v) is 4.54. The smallest absolute Gasteiger partial charge is 0.103 e. The summed E-state index contributed by atoms with van der Waals surface area (Å²) in [6, 6.07) is 19.1. The van der Waals surface area contributed by atoms with Crippen LogP contribution in [-0.4, -0.2) is 47.6 Å². The van der Waals surface area contributed by atoms with E-state index in [0.717, 1.165) is 60.7 Å². The SMILES string of the molecule is Cc1c(Nc2c(C#N)cncc2C=CCN2CCN(c3ccccc3)CC2)ccc2[nH]ccc12. The van der Waals surface area contributed by atoms with Crippen LogP contribution < -0.4 is 10.2 Å². The number of H-pyrrole nitrogens is 1. The predicted molar refractivity (Wildman–Crippen MR) is 139 cm³/mol. The minimum absolute atomic E-state index is 0.534. The zero-order valence-corrected chi connectivity index (χ0v) is 19.3. The number of benzene rings is 2. The van der Waals surface area contributed by atoms with Gasteiger partial charge in [-0.15, -0.1) is 0 Å². The van der Waals surface area contributed by atoms with E-state index in [-0.39, 0.29) is 0 Å². The van der Waals surface area contributed by atoms with Gasteiger partial charge in [-0.05, 0) is 42.8 Å². The number of para-hydroxylation sites is 1. The van der Waals surface area contributed by atoms with Crippen LogP contribution in [0, 0.1) is 18.3 Å². The molecule has 0 aliphatic carbocycles. The highest BCUT2D eigenvalue weighted by Crippen LogP contribution is 2.30. The van der Waals surface area contributed by atoms with E-state index in [1.807, 2.05) is 12.4 Å². The maximum atomic E-state index is 9.71. The fourth-order valence-electron chi connectivity index (χ4n) is 4.54. The Hall–Kier alpha value is -4.08. The third-order valence-electron chi connectivity index (χ3n) is 6.51. The summed E-state index contributed by atoms with van der Waals surface area (Å²) in [7, 11) is 0. The number of aromatic nitrogens is 2. The molecule has 1 saturated heterocycles. The molecule has 0 amide bonds. The average molecular weight is 449 g/mol. The first-order valence-corrected chi connectivity index (χ1v) is 11.6. The summed E-state index contributed by atoms with van der Waals surface area (Å²) in [6.07, 6.45) is 9.62. The van der Waals surface area contributed by atoms with Gasteiger partial charge in [-0.3, -0.25) is 9.88 Å². The van der Waals surface area contributed by atoms with Crippen molar-refractivity contribution in [1.29, 1.82) is 5.26 Å². The molecule has 6 heteroatoms. The van der Waals surface area contributed by atoms with Crippen molar-refractivity contribution in [1.82, 2.24) is 14.9 Å². The number of aryl methyl sites for hydroxylation is 1. The number of piperazine rings is 1. The van der Waals surface area contributed by atoms with Gasteiger partial charge in [0.05, 0.1) is 11.3 Å². The fraction of sp³-hybridized carbons (Fsp3) is 0.214. The van der Waals surface area contributed by atoms with Crippen LogP contribution in [0.25, 0.3) is 17.0 Å². The summed E-state index contributed by atoms with van der Waals surface area (Å²) in [6.45, 7) is 7.06. The quantitative estimate of drug-likeness (QED) is 0.418. The van der Waals surface area contributed by atoms with Crippen molar-refractivity contribution in [2.75, 3.05) is 42.9 Å². The topological polar surface area (TPSA) is 71.0 Å². The first-order valence-electron chi connectivity index (χ1n) is 11.6. The number of fused-ring (bicyclic) bond motifs is 1. The van der Waals surface area contributed by atoms with E-state index in [4.69, 9.17) is 0 Å². The van der Waals surface area contributed by atoms with E-state index in [1.165, 1.54) is 11.1 Å². The molecule has 3 heterocycles. The van der Waals surface area contributed by atoms with Crippen molar-refractivity contribution in [2.24, 2.45) is 0 Å². The first kappa shape index (κ1) is 21.7. The summed E-state index contributed by atoms with van der Waals surface area (Å²) < 4.78 is 0. The predicted octanol–water partition coefficient (Wildman–Crippen LogP) is 5.32. The van der Waals surface area contributed by atoms with Gasteiger partial charge in [-0.1, -0.05) is 30.4 Å². The third kappa shape index (κ3) is 4.52. The van der Waals surface area contributed by atoms with E-state index in [1.54, 1.807) is 6.20 Å². The molecule has 4 aromatic rings.